The van der Waals surface area contributed by atoms with Gasteiger partial charge in [-0.05, 0) is 36.2 Å². The van der Waals surface area contributed by atoms with Crippen LogP contribution in [0.25, 0.3) is 0 Å². The summed E-state index contributed by atoms with van der Waals surface area (Å²) in [7, 11) is 0. The number of hydrazone groups is 1. The summed E-state index contributed by atoms with van der Waals surface area (Å²) in [5, 5.41) is 4.69. The zero-order chi connectivity index (χ0) is 21.6. The van der Waals surface area contributed by atoms with Crippen molar-refractivity contribution < 1.29 is 4.74 Å². The van der Waals surface area contributed by atoms with Gasteiger partial charge in [-0.25, -0.2) is 10.4 Å². The highest BCUT2D eigenvalue weighted by Crippen LogP contribution is 2.24. The van der Waals surface area contributed by atoms with E-state index in [1.165, 1.54) is 5.56 Å². The van der Waals surface area contributed by atoms with Gasteiger partial charge in [-0.15, -0.1) is 0 Å². The van der Waals surface area contributed by atoms with Gasteiger partial charge < -0.3 is 4.74 Å². The van der Waals surface area contributed by atoms with E-state index < -0.39 is 0 Å². The van der Waals surface area contributed by atoms with Crippen LogP contribution >= 0.6 is 11.6 Å². The number of halogens is 1. The molecule has 2 N–H and O–H groups in total. The van der Waals surface area contributed by atoms with Gasteiger partial charge in [0.2, 0.25) is 5.95 Å². The summed E-state index contributed by atoms with van der Waals surface area (Å²) in [6, 6.07) is 15.7. The number of nitrogens with zero attached hydrogens (tertiary/aromatic N) is 3. The minimum atomic E-state index is -0.135. The lowest BCUT2D eigenvalue weighted by Crippen LogP contribution is -2.35. The Hall–Kier alpha value is -3.16. The van der Waals surface area contributed by atoms with Crippen molar-refractivity contribution in [1.29, 1.82) is 0 Å². The minimum absolute atomic E-state index is 0.135. The number of nitrogens with one attached hydrogen (secondary N) is 2. The highest BCUT2D eigenvalue weighted by Gasteiger charge is 2.21. The van der Waals surface area contributed by atoms with E-state index in [0.29, 0.717) is 29.9 Å². The van der Waals surface area contributed by atoms with Crippen molar-refractivity contribution in [3.63, 3.8) is 0 Å². The monoisotopic (exact) mass is 437 g/mol. The average Bonchev–Trinajstić information content (AvgIpc) is 2.77. The number of fused-ring (bicyclic) bond motifs is 1. The van der Waals surface area contributed by atoms with Crippen LogP contribution in [0, 0.1) is 0 Å². The van der Waals surface area contributed by atoms with Crippen LogP contribution in [-0.2, 0) is 19.5 Å². The molecule has 0 aliphatic carbocycles. The highest BCUT2D eigenvalue weighted by molar-refractivity contribution is 6.32. The maximum atomic E-state index is 12.6. The zero-order valence-electron chi connectivity index (χ0n) is 17.3. The van der Waals surface area contributed by atoms with Crippen molar-refractivity contribution >= 4 is 23.8 Å². The second-order valence-electron chi connectivity index (χ2n) is 7.28. The lowest BCUT2D eigenvalue weighted by atomic mass is 10.1. The number of anilines is 1. The van der Waals surface area contributed by atoms with E-state index in [9.17, 15) is 4.79 Å². The lowest BCUT2D eigenvalue weighted by molar-refractivity contribution is 0.242. The van der Waals surface area contributed by atoms with Crippen LogP contribution < -0.4 is 15.7 Å². The maximum Gasteiger partial charge on any atom is 0.257 e. The summed E-state index contributed by atoms with van der Waals surface area (Å²) in [5.74, 6) is 0.963. The van der Waals surface area contributed by atoms with Crippen LogP contribution in [0.2, 0.25) is 5.02 Å². The molecular weight excluding hydrogens is 414 g/mol. The van der Waals surface area contributed by atoms with Crippen molar-refractivity contribution in [1.82, 2.24) is 14.9 Å². The number of hydrogen-bond acceptors (Lipinski definition) is 6. The van der Waals surface area contributed by atoms with Crippen LogP contribution in [0.3, 0.4) is 0 Å². The largest absolute Gasteiger partial charge is 0.492 e. The number of ether oxygens (including phenoxy) is 1. The van der Waals surface area contributed by atoms with Crippen LogP contribution in [0.15, 0.2) is 58.4 Å². The maximum absolute atomic E-state index is 12.6. The fourth-order valence-corrected chi connectivity index (χ4v) is 3.79. The molecule has 2 aromatic carbocycles. The molecule has 2 heterocycles. The van der Waals surface area contributed by atoms with Crippen LogP contribution in [-0.4, -0.2) is 34.2 Å². The van der Waals surface area contributed by atoms with Crippen molar-refractivity contribution in [2.45, 2.75) is 26.4 Å². The van der Waals surface area contributed by atoms with Gasteiger partial charge in [-0.1, -0.05) is 41.9 Å². The van der Waals surface area contributed by atoms with Crippen molar-refractivity contribution in [2.75, 3.05) is 18.6 Å². The van der Waals surface area contributed by atoms with Gasteiger partial charge in [0.05, 0.1) is 29.1 Å². The van der Waals surface area contributed by atoms with E-state index in [2.05, 4.69) is 37.5 Å². The molecule has 0 unspecified atom stereocenters. The standard InChI is InChI=1S/C23H24ClN5O2/c1-2-31-21-9-8-17(12-19(21)24)13-25-28-23-26-20-10-11-29(15-18(20)22(30)27-23)14-16-6-4-3-5-7-16/h3-9,12-13H,2,10-11,14-15H2,1H3,(H2,26,27,28,30)/b25-13-. The molecule has 3 aromatic rings. The second-order valence-corrected chi connectivity index (χ2v) is 7.69. The normalized spacial score (nSPS) is 13.9. The molecule has 0 bridgehead atoms. The molecule has 31 heavy (non-hydrogen) atoms. The fraction of sp³-hybridized carbons (Fsp3) is 0.261. The first-order valence-electron chi connectivity index (χ1n) is 10.2. The Morgan fingerprint density at radius 3 is 2.90 bits per heavy atom. The third-order valence-corrected chi connectivity index (χ3v) is 5.33. The Morgan fingerprint density at radius 2 is 2.13 bits per heavy atom. The third-order valence-electron chi connectivity index (χ3n) is 5.04. The SMILES string of the molecule is CCOc1ccc(/C=N\Nc2nc3c(c(=O)[nH]2)CN(Cc2ccccc2)CC3)cc1Cl. The topological polar surface area (TPSA) is 82.6 Å². The van der Waals surface area contributed by atoms with E-state index in [-0.39, 0.29) is 5.56 Å². The Kier molecular flexibility index (Phi) is 6.64. The molecule has 0 saturated heterocycles. The lowest BCUT2D eigenvalue weighted by Gasteiger charge is -2.27. The van der Waals surface area contributed by atoms with Gasteiger partial charge in [0, 0.05) is 26.1 Å². The number of aromatic nitrogens is 2. The van der Waals surface area contributed by atoms with Gasteiger partial charge in [0.15, 0.2) is 0 Å². The molecule has 0 spiro atoms. The molecule has 0 atom stereocenters. The van der Waals surface area contributed by atoms with Gasteiger partial charge in [-0.3, -0.25) is 14.7 Å². The van der Waals surface area contributed by atoms with E-state index in [4.69, 9.17) is 16.3 Å². The summed E-state index contributed by atoms with van der Waals surface area (Å²) in [6.07, 6.45) is 2.33. The second kappa shape index (κ2) is 9.76. The minimum Gasteiger partial charge on any atom is -0.492 e. The smallest absolute Gasteiger partial charge is 0.257 e. The predicted molar refractivity (Wildman–Crippen MR) is 123 cm³/mol. The molecule has 8 heteroatoms. The number of hydrogen-bond donors (Lipinski definition) is 2. The van der Waals surface area contributed by atoms with Crippen molar-refractivity contribution in [3.05, 3.63) is 86.3 Å². The summed E-state index contributed by atoms with van der Waals surface area (Å²) >= 11 is 6.20. The number of H-pyrrole nitrogens is 1. The Labute approximate surface area is 185 Å². The summed E-state index contributed by atoms with van der Waals surface area (Å²) in [5.41, 5.74) is 6.24. The van der Waals surface area contributed by atoms with Crippen molar-refractivity contribution in [3.8, 4) is 5.75 Å². The predicted octanol–water partition coefficient (Wildman–Crippen LogP) is 3.83. The first-order chi connectivity index (χ1) is 15.1. The van der Waals surface area contributed by atoms with Crippen LogP contribution in [0.5, 0.6) is 5.75 Å². The Morgan fingerprint density at radius 1 is 1.29 bits per heavy atom. The third kappa shape index (κ3) is 5.31. The van der Waals surface area contributed by atoms with Crippen LogP contribution in [0.1, 0.15) is 29.3 Å². The molecule has 1 aromatic heterocycles. The quantitative estimate of drug-likeness (QED) is 0.433. The Balaban J connectivity index is 1.41. The summed E-state index contributed by atoms with van der Waals surface area (Å²) < 4.78 is 5.43. The van der Waals surface area contributed by atoms with Gasteiger partial charge in [0.25, 0.3) is 5.56 Å². The molecule has 1 aliphatic rings. The molecule has 0 saturated carbocycles. The summed E-state index contributed by atoms with van der Waals surface area (Å²) in [6.45, 7) is 4.71. The first-order valence-corrected chi connectivity index (χ1v) is 10.6. The van der Waals surface area contributed by atoms with Gasteiger partial charge >= 0.3 is 0 Å². The van der Waals surface area contributed by atoms with E-state index in [1.807, 2.05) is 31.2 Å². The number of benzene rings is 2. The van der Waals surface area contributed by atoms with E-state index in [0.717, 1.165) is 36.3 Å². The fourth-order valence-electron chi connectivity index (χ4n) is 3.55. The zero-order valence-corrected chi connectivity index (χ0v) is 18.0. The average molecular weight is 438 g/mol. The molecular formula is C23H24ClN5O2. The molecule has 1 aliphatic heterocycles. The van der Waals surface area contributed by atoms with Crippen molar-refractivity contribution in [2.24, 2.45) is 5.10 Å². The van der Waals surface area contributed by atoms with Gasteiger partial charge in [-0.2, -0.15) is 5.10 Å². The highest BCUT2D eigenvalue weighted by atomic mass is 35.5. The first kappa shape index (κ1) is 21.1. The number of rotatable bonds is 7. The molecule has 0 radical (unpaired) electrons. The molecule has 160 valence electrons. The number of aromatic amines is 1. The van der Waals surface area contributed by atoms with E-state index >= 15 is 0 Å². The van der Waals surface area contributed by atoms with E-state index in [1.54, 1.807) is 18.3 Å². The molecule has 7 nitrogen and oxygen atoms in total. The Bertz CT molecular complexity index is 1130. The molecule has 4 rings (SSSR count). The van der Waals surface area contributed by atoms with Gasteiger partial charge in [0.1, 0.15) is 5.75 Å². The van der Waals surface area contributed by atoms with Crippen LogP contribution in [0.4, 0.5) is 5.95 Å². The summed E-state index contributed by atoms with van der Waals surface area (Å²) in [4.78, 5) is 22.2. The molecule has 0 fully saturated rings. The molecule has 0 amide bonds.